The Balaban J connectivity index is 0.00000112. The second-order valence-corrected chi connectivity index (χ2v) is 15.0. The molecule has 0 amide bonds. The van der Waals surface area contributed by atoms with Crippen molar-refractivity contribution in [3.8, 4) is 11.1 Å². The summed E-state index contributed by atoms with van der Waals surface area (Å²) in [6.45, 7) is 4.86. The first kappa shape index (κ1) is 22.0. The first-order valence-electron chi connectivity index (χ1n) is 9.16. The number of fused-ring (bicyclic) bond motifs is 4. The molecule has 0 saturated heterocycles. The van der Waals surface area contributed by atoms with Crippen molar-refractivity contribution in [2.45, 2.75) is 7.35 Å². The van der Waals surface area contributed by atoms with Gasteiger partial charge in [0.25, 0.3) is 0 Å². The summed E-state index contributed by atoms with van der Waals surface area (Å²) in [5.74, 6) is 0. The van der Waals surface area contributed by atoms with Crippen molar-refractivity contribution in [2.75, 3.05) is 13.3 Å². The van der Waals surface area contributed by atoms with Gasteiger partial charge in [-0.15, -0.1) is 0 Å². The van der Waals surface area contributed by atoms with Gasteiger partial charge in [0.1, 0.15) is 0 Å². The van der Waals surface area contributed by atoms with Crippen molar-refractivity contribution in [3.05, 3.63) is 100 Å². The van der Waals surface area contributed by atoms with E-state index >= 15 is 0 Å². The molecule has 3 aromatic rings. The number of benzene rings is 3. The molecule has 0 aliphatic heterocycles. The summed E-state index contributed by atoms with van der Waals surface area (Å²) in [5.41, 5.74) is 9.25. The van der Waals surface area contributed by atoms with Gasteiger partial charge in [0.2, 0.25) is 0 Å². The second kappa shape index (κ2) is 8.97. The summed E-state index contributed by atoms with van der Waals surface area (Å²) in [6.07, 6.45) is 2.52. The molecule has 0 nitrogen and oxygen atoms in total. The molecular formula is C24H21Cl2HfP. The fraction of sp³-hybridized carbons (Fsp3) is 0.167. The van der Waals surface area contributed by atoms with E-state index in [1.165, 1.54) is 16.7 Å². The Kier molecular flexibility index (Phi) is 7.04. The van der Waals surface area contributed by atoms with Crippen LogP contribution in [0.25, 0.3) is 17.2 Å². The maximum Gasteiger partial charge on any atom is -1.00 e. The molecule has 140 valence electrons. The third-order valence-corrected chi connectivity index (χ3v) is 14.7. The Morgan fingerprint density at radius 1 is 0.643 bits per heavy atom. The van der Waals surface area contributed by atoms with Crippen LogP contribution in [0.5, 0.6) is 0 Å². The minimum absolute atomic E-state index is 0. The van der Waals surface area contributed by atoms with Crippen LogP contribution in [-0.2, 0) is 22.9 Å². The van der Waals surface area contributed by atoms with Gasteiger partial charge in [-0.1, -0.05) is 0 Å². The van der Waals surface area contributed by atoms with Gasteiger partial charge in [-0.2, -0.15) is 0 Å². The zero-order valence-corrected chi connectivity index (χ0v) is 21.9. The van der Waals surface area contributed by atoms with Gasteiger partial charge in [0.15, 0.2) is 0 Å². The molecule has 5 rings (SSSR count). The maximum atomic E-state index is 2.52. The Morgan fingerprint density at radius 3 is 1.71 bits per heavy atom. The first-order valence-corrected chi connectivity index (χ1v) is 15.5. The van der Waals surface area contributed by atoms with Gasteiger partial charge in [0, 0.05) is 0 Å². The van der Waals surface area contributed by atoms with Crippen LogP contribution in [0.3, 0.4) is 0 Å². The number of hydrogen-bond acceptors (Lipinski definition) is 0. The molecule has 0 spiro atoms. The predicted octanol–water partition coefficient (Wildman–Crippen LogP) is 0.684. The molecule has 0 saturated carbocycles. The molecular weight excluding hydrogens is 569 g/mol. The van der Waals surface area contributed by atoms with E-state index in [1.54, 1.807) is 22.0 Å². The van der Waals surface area contributed by atoms with Crippen LogP contribution in [0.1, 0.15) is 29.6 Å². The quantitative estimate of drug-likeness (QED) is 0.312. The van der Waals surface area contributed by atoms with Gasteiger partial charge in [0.05, 0.1) is 0 Å². The topological polar surface area (TPSA) is 0 Å². The standard InChI is InChI=1S/C13H9.C11H12P.2ClH.Hf/c1-3-7-12-10(5-1)9-11-6-2-4-8-13(11)12;1-12(2)11-7-9-5-3-4-6-10(9)8-11;;;/h1-9H;3-8H,1-2H3;2*1H;/q;;;;+2/p-2. The van der Waals surface area contributed by atoms with Crippen molar-refractivity contribution in [3.63, 3.8) is 0 Å². The molecule has 2 aliphatic carbocycles. The van der Waals surface area contributed by atoms with E-state index in [0.29, 0.717) is 3.67 Å². The Bertz CT molecular complexity index is 983. The van der Waals surface area contributed by atoms with Crippen molar-refractivity contribution >= 4 is 14.0 Å². The number of hydrogen-bond donors (Lipinski definition) is 0. The minimum Gasteiger partial charge on any atom is -1.00 e. The largest absolute Gasteiger partial charge is 1.00 e. The van der Waals surface area contributed by atoms with Crippen LogP contribution in [0.4, 0.5) is 0 Å². The first-order chi connectivity index (χ1) is 12.7. The van der Waals surface area contributed by atoms with Crippen LogP contribution < -0.4 is 24.8 Å². The van der Waals surface area contributed by atoms with E-state index < -0.39 is 22.9 Å². The molecule has 2 aliphatic rings. The zero-order chi connectivity index (χ0) is 17.7. The maximum absolute atomic E-state index is 2.52. The summed E-state index contributed by atoms with van der Waals surface area (Å²) < 4.78 is 1.44. The summed E-state index contributed by atoms with van der Waals surface area (Å²) >= 11 is -1.04. The van der Waals surface area contributed by atoms with Crippen LogP contribution >= 0.6 is 7.92 Å². The van der Waals surface area contributed by atoms with Gasteiger partial charge >= 0.3 is 169 Å². The summed E-state index contributed by atoms with van der Waals surface area (Å²) in [4.78, 5) is 0. The third kappa shape index (κ3) is 3.61. The summed E-state index contributed by atoms with van der Waals surface area (Å²) in [5, 5.41) is 1.74. The van der Waals surface area contributed by atoms with E-state index in [1.807, 2.05) is 0 Å². The Labute approximate surface area is 192 Å². The van der Waals surface area contributed by atoms with Gasteiger partial charge in [-0.25, -0.2) is 0 Å². The molecule has 0 bridgehead atoms. The molecule has 0 heterocycles. The van der Waals surface area contributed by atoms with Crippen molar-refractivity contribution in [1.29, 1.82) is 0 Å². The molecule has 1 unspecified atom stereocenters. The Hall–Kier alpha value is -0.720. The van der Waals surface area contributed by atoms with Crippen molar-refractivity contribution in [2.24, 2.45) is 0 Å². The molecule has 0 N–H and O–H groups in total. The molecule has 0 fully saturated rings. The van der Waals surface area contributed by atoms with E-state index in [-0.39, 0.29) is 32.7 Å². The molecule has 28 heavy (non-hydrogen) atoms. The smallest absolute Gasteiger partial charge is 1.00 e. The van der Waals surface area contributed by atoms with E-state index in [2.05, 4.69) is 92.2 Å². The molecule has 3 aromatic carbocycles. The van der Waals surface area contributed by atoms with E-state index in [9.17, 15) is 0 Å². The normalized spacial score (nSPS) is 16.2. The monoisotopic (exact) mass is 590 g/mol. The SMILES string of the molecule is CP(C)C1=Cc2ccccc2[CH]1[Hf+2][CH]1c2ccccc2-c2ccccc21.[Cl-].[Cl-]. The second-order valence-electron chi connectivity index (χ2n) is 7.30. The van der Waals surface area contributed by atoms with Crippen molar-refractivity contribution in [1.82, 2.24) is 0 Å². The van der Waals surface area contributed by atoms with Crippen LogP contribution in [0.15, 0.2) is 78.1 Å². The predicted molar refractivity (Wildman–Crippen MR) is 110 cm³/mol. The van der Waals surface area contributed by atoms with Crippen molar-refractivity contribution < 1.29 is 47.7 Å². The fourth-order valence-corrected chi connectivity index (χ4v) is 15.6. The molecule has 0 radical (unpaired) electrons. The number of halogens is 2. The van der Waals surface area contributed by atoms with E-state index in [0.717, 1.165) is 3.67 Å². The average molecular weight is 590 g/mol. The minimum atomic E-state index is -1.04. The Morgan fingerprint density at radius 2 is 1.14 bits per heavy atom. The average Bonchev–Trinajstić information content (AvgIpc) is 3.20. The summed E-state index contributed by atoms with van der Waals surface area (Å²) in [6, 6.07) is 27.4. The number of allylic oxidation sites excluding steroid dienone is 1. The molecule has 1 atom stereocenters. The molecule has 0 aromatic heterocycles. The zero-order valence-electron chi connectivity index (χ0n) is 15.9. The number of rotatable bonds is 3. The van der Waals surface area contributed by atoms with Gasteiger partial charge in [-0.05, 0) is 0 Å². The van der Waals surface area contributed by atoms with Crippen LogP contribution in [-0.4, -0.2) is 13.3 Å². The van der Waals surface area contributed by atoms with Gasteiger partial charge < -0.3 is 24.8 Å². The third-order valence-electron chi connectivity index (χ3n) is 5.59. The molecule has 4 heteroatoms. The van der Waals surface area contributed by atoms with Crippen LogP contribution in [0.2, 0.25) is 0 Å². The van der Waals surface area contributed by atoms with Gasteiger partial charge in [-0.3, -0.25) is 0 Å². The van der Waals surface area contributed by atoms with Crippen LogP contribution in [0, 0.1) is 0 Å². The fourth-order valence-electron chi connectivity index (χ4n) is 4.37. The van der Waals surface area contributed by atoms with E-state index in [4.69, 9.17) is 0 Å². The summed E-state index contributed by atoms with van der Waals surface area (Å²) in [7, 11) is -0.0323.